The van der Waals surface area contributed by atoms with Gasteiger partial charge in [0.25, 0.3) is 5.91 Å². The van der Waals surface area contributed by atoms with Gasteiger partial charge in [-0.15, -0.1) is 11.3 Å². The van der Waals surface area contributed by atoms with Crippen molar-refractivity contribution in [2.24, 2.45) is 0 Å². The normalized spacial score (nSPS) is 10.5. The van der Waals surface area contributed by atoms with Crippen LogP contribution in [0.1, 0.15) is 27.9 Å². The Kier molecular flexibility index (Phi) is 5.20. The van der Waals surface area contributed by atoms with Gasteiger partial charge in [-0.1, -0.05) is 11.6 Å². The number of hydrogen-bond acceptors (Lipinski definition) is 4. The monoisotopic (exact) mass is 323 g/mol. The Labute approximate surface area is 133 Å². The lowest BCUT2D eigenvalue weighted by atomic mass is 10.1. The fourth-order valence-electron chi connectivity index (χ4n) is 2.01. The minimum absolute atomic E-state index is 0.0544. The highest BCUT2D eigenvalue weighted by atomic mass is 35.5. The average Bonchev–Trinajstić information content (AvgIpc) is 2.85. The number of hydrogen-bond donors (Lipinski definition) is 1. The summed E-state index contributed by atoms with van der Waals surface area (Å²) in [5, 5.41) is 3.75. The van der Waals surface area contributed by atoms with E-state index in [0.29, 0.717) is 17.1 Å². The number of nitrogens with zero attached hydrogens (tertiary/aromatic N) is 2. The second-order valence-corrected chi connectivity index (χ2v) is 6.12. The fraction of sp³-hybridized carbons (Fsp3) is 0.333. The summed E-state index contributed by atoms with van der Waals surface area (Å²) < 4.78 is 0. The van der Waals surface area contributed by atoms with Gasteiger partial charge in [0.2, 0.25) is 0 Å². The van der Waals surface area contributed by atoms with Crippen molar-refractivity contribution in [2.45, 2.75) is 20.4 Å². The minimum Gasteiger partial charge on any atom is -0.385 e. The van der Waals surface area contributed by atoms with E-state index in [1.54, 1.807) is 40.9 Å². The van der Waals surface area contributed by atoms with Crippen molar-refractivity contribution in [1.29, 1.82) is 0 Å². The van der Waals surface area contributed by atoms with E-state index in [0.717, 1.165) is 22.8 Å². The summed E-state index contributed by atoms with van der Waals surface area (Å²) in [4.78, 5) is 19.6. The fourth-order valence-corrected chi connectivity index (χ4v) is 3.01. The molecule has 1 amide bonds. The molecule has 0 bridgehead atoms. The van der Waals surface area contributed by atoms with Gasteiger partial charge in [-0.3, -0.25) is 4.79 Å². The van der Waals surface area contributed by atoms with Crippen LogP contribution in [0.3, 0.4) is 0 Å². The van der Waals surface area contributed by atoms with Crippen molar-refractivity contribution in [3.05, 3.63) is 44.9 Å². The lowest BCUT2D eigenvalue weighted by Crippen LogP contribution is -2.27. The standard InChI is InChI=1S/C15H18ClN3OS/c1-4-17-13-6-5-11(16)7-12(13)15(20)19(3)8-14-10(2)18-9-21-14/h5-7,9,17H,4,8H2,1-3H3. The van der Waals surface area contributed by atoms with Crippen LogP contribution >= 0.6 is 22.9 Å². The molecule has 21 heavy (non-hydrogen) atoms. The first-order valence-electron chi connectivity index (χ1n) is 6.70. The van der Waals surface area contributed by atoms with E-state index in [1.807, 2.05) is 19.9 Å². The molecule has 112 valence electrons. The largest absolute Gasteiger partial charge is 0.385 e. The van der Waals surface area contributed by atoms with Gasteiger partial charge < -0.3 is 10.2 Å². The molecule has 0 unspecified atom stereocenters. The first kappa shape index (κ1) is 15.8. The number of nitrogens with one attached hydrogen (secondary N) is 1. The molecular weight excluding hydrogens is 306 g/mol. The molecule has 0 radical (unpaired) electrons. The zero-order chi connectivity index (χ0) is 15.4. The number of anilines is 1. The van der Waals surface area contributed by atoms with Crippen molar-refractivity contribution in [3.8, 4) is 0 Å². The molecule has 0 aliphatic rings. The van der Waals surface area contributed by atoms with Crippen molar-refractivity contribution >= 4 is 34.5 Å². The van der Waals surface area contributed by atoms with E-state index >= 15 is 0 Å². The predicted octanol–water partition coefficient (Wildman–Crippen LogP) is 3.81. The van der Waals surface area contributed by atoms with Gasteiger partial charge in [-0.2, -0.15) is 0 Å². The van der Waals surface area contributed by atoms with Gasteiger partial charge in [-0.05, 0) is 32.0 Å². The second-order valence-electron chi connectivity index (χ2n) is 4.74. The molecule has 0 spiro atoms. The number of carbonyl (C=O) groups is 1. The molecule has 4 nitrogen and oxygen atoms in total. The van der Waals surface area contributed by atoms with E-state index in [-0.39, 0.29) is 5.91 Å². The summed E-state index contributed by atoms with van der Waals surface area (Å²) in [6, 6.07) is 5.33. The van der Waals surface area contributed by atoms with E-state index in [2.05, 4.69) is 10.3 Å². The Morgan fingerprint density at radius 1 is 1.48 bits per heavy atom. The van der Waals surface area contributed by atoms with Gasteiger partial charge in [0.15, 0.2) is 0 Å². The number of halogens is 1. The van der Waals surface area contributed by atoms with Crippen molar-refractivity contribution in [2.75, 3.05) is 18.9 Å². The molecule has 0 aliphatic carbocycles. The zero-order valence-electron chi connectivity index (χ0n) is 12.3. The van der Waals surface area contributed by atoms with Crippen LogP contribution in [0, 0.1) is 6.92 Å². The van der Waals surface area contributed by atoms with Crippen LogP contribution in [0.4, 0.5) is 5.69 Å². The Hall–Kier alpha value is -1.59. The Morgan fingerprint density at radius 3 is 2.86 bits per heavy atom. The van der Waals surface area contributed by atoms with Crippen molar-refractivity contribution in [3.63, 3.8) is 0 Å². The molecule has 1 N–H and O–H groups in total. The highest BCUT2D eigenvalue weighted by molar-refractivity contribution is 7.09. The molecule has 2 rings (SSSR count). The molecule has 0 fully saturated rings. The van der Waals surface area contributed by atoms with Gasteiger partial charge in [0.1, 0.15) is 0 Å². The third-order valence-electron chi connectivity index (χ3n) is 3.15. The summed E-state index contributed by atoms with van der Waals surface area (Å²) in [6.07, 6.45) is 0. The van der Waals surface area contributed by atoms with Crippen LogP contribution in [-0.4, -0.2) is 29.4 Å². The molecular formula is C15H18ClN3OS. The summed E-state index contributed by atoms with van der Waals surface area (Å²) in [7, 11) is 1.79. The third-order valence-corrected chi connectivity index (χ3v) is 4.31. The van der Waals surface area contributed by atoms with Crippen molar-refractivity contribution in [1.82, 2.24) is 9.88 Å². The number of amides is 1. The number of aryl methyl sites for hydroxylation is 1. The first-order valence-corrected chi connectivity index (χ1v) is 7.96. The maximum atomic E-state index is 12.6. The third kappa shape index (κ3) is 3.74. The molecule has 1 aromatic carbocycles. The maximum absolute atomic E-state index is 12.6. The Morgan fingerprint density at radius 2 is 2.24 bits per heavy atom. The first-order chi connectivity index (χ1) is 10.0. The minimum atomic E-state index is -0.0544. The molecule has 0 saturated carbocycles. The Balaban J connectivity index is 2.22. The van der Waals surface area contributed by atoms with Crippen LogP contribution in [-0.2, 0) is 6.54 Å². The van der Waals surface area contributed by atoms with Crippen LogP contribution in [0.2, 0.25) is 5.02 Å². The van der Waals surface area contributed by atoms with Crippen molar-refractivity contribution < 1.29 is 4.79 Å². The van der Waals surface area contributed by atoms with Crippen LogP contribution in [0.5, 0.6) is 0 Å². The molecule has 0 saturated heterocycles. The molecule has 1 aromatic heterocycles. The molecule has 0 atom stereocenters. The number of carbonyl (C=O) groups excluding carboxylic acids is 1. The summed E-state index contributed by atoms with van der Waals surface area (Å²) in [5.74, 6) is -0.0544. The second kappa shape index (κ2) is 6.91. The smallest absolute Gasteiger partial charge is 0.256 e. The van der Waals surface area contributed by atoms with Gasteiger partial charge in [0, 0.05) is 29.2 Å². The predicted molar refractivity (Wildman–Crippen MR) is 88.3 cm³/mol. The highest BCUT2D eigenvalue weighted by Gasteiger charge is 2.17. The summed E-state index contributed by atoms with van der Waals surface area (Å²) >= 11 is 7.59. The van der Waals surface area contributed by atoms with E-state index in [9.17, 15) is 4.79 Å². The van der Waals surface area contributed by atoms with E-state index < -0.39 is 0 Å². The molecule has 0 aliphatic heterocycles. The quantitative estimate of drug-likeness (QED) is 0.910. The van der Waals surface area contributed by atoms with E-state index in [1.165, 1.54) is 0 Å². The lowest BCUT2D eigenvalue weighted by Gasteiger charge is -2.19. The summed E-state index contributed by atoms with van der Waals surface area (Å²) in [5.41, 5.74) is 4.17. The van der Waals surface area contributed by atoms with Gasteiger partial charge >= 0.3 is 0 Å². The summed E-state index contributed by atoms with van der Waals surface area (Å²) in [6.45, 7) is 5.24. The number of thiazole rings is 1. The molecule has 1 heterocycles. The number of aromatic nitrogens is 1. The van der Waals surface area contributed by atoms with E-state index in [4.69, 9.17) is 11.6 Å². The molecule has 6 heteroatoms. The average molecular weight is 324 g/mol. The topological polar surface area (TPSA) is 45.2 Å². The SMILES string of the molecule is CCNc1ccc(Cl)cc1C(=O)N(C)Cc1scnc1C. The van der Waals surface area contributed by atoms with Gasteiger partial charge in [-0.25, -0.2) is 4.98 Å². The number of rotatable bonds is 5. The Bertz CT molecular complexity index is 642. The lowest BCUT2D eigenvalue weighted by molar-refractivity contribution is 0.0787. The maximum Gasteiger partial charge on any atom is 0.256 e. The van der Waals surface area contributed by atoms with Crippen LogP contribution in [0.25, 0.3) is 0 Å². The van der Waals surface area contributed by atoms with Gasteiger partial charge in [0.05, 0.1) is 23.3 Å². The highest BCUT2D eigenvalue weighted by Crippen LogP contribution is 2.23. The van der Waals surface area contributed by atoms with Crippen LogP contribution < -0.4 is 5.32 Å². The number of benzene rings is 1. The zero-order valence-corrected chi connectivity index (χ0v) is 13.9. The van der Waals surface area contributed by atoms with Crippen LogP contribution in [0.15, 0.2) is 23.7 Å². The molecule has 2 aromatic rings.